The first kappa shape index (κ1) is 17.3. The van der Waals surface area contributed by atoms with Crippen LogP contribution >= 0.6 is 11.8 Å². The van der Waals surface area contributed by atoms with Crippen molar-refractivity contribution in [3.05, 3.63) is 41.2 Å². The molecule has 1 saturated carbocycles. The van der Waals surface area contributed by atoms with Crippen molar-refractivity contribution < 1.29 is 26.1 Å². The monoisotopic (exact) mass is 377 g/mol. The number of halogens is 3. The second-order valence-corrected chi connectivity index (χ2v) is 8.53. The van der Waals surface area contributed by atoms with Gasteiger partial charge < -0.3 is 4.52 Å². The Bertz CT molecular complexity index is 874. The fourth-order valence-electron chi connectivity index (χ4n) is 2.86. The third-order valence-corrected chi connectivity index (χ3v) is 5.93. The summed E-state index contributed by atoms with van der Waals surface area (Å²) in [5, 5.41) is 4.58. The van der Waals surface area contributed by atoms with Crippen molar-refractivity contribution in [3.8, 4) is 0 Å². The minimum absolute atomic E-state index is 0.0101. The van der Waals surface area contributed by atoms with Crippen LogP contribution in [-0.2, 0) is 16.0 Å². The molecule has 0 bridgehead atoms. The molecule has 1 aliphatic rings. The van der Waals surface area contributed by atoms with Crippen molar-refractivity contribution in [2.75, 3.05) is 12.5 Å². The zero-order valence-electron chi connectivity index (χ0n) is 12.8. The van der Waals surface area contributed by atoms with E-state index in [-0.39, 0.29) is 16.7 Å². The van der Waals surface area contributed by atoms with Gasteiger partial charge in [-0.1, -0.05) is 11.2 Å². The normalized spacial score (nSPS) is 21.0. The van der Waals surface area contributed by atoms with Crippen LogP contribution in [0.3, 0.4) is 0 Å². The van der Waals surface area contributed by atoms with Gasteiger partial charge in [0, 0.05) is 11.8 Å². The second-order valence-electron chi connectivity index (χ2n) is 5.75. The number of aromatic nitrogens is 1. The standard InChI is InChI=1S/C15H14F3NO3S2/c1-23-14-12(7-22-19-14)11-6-10(11)9-4-3-8(15(16,17)18)5-13(9)24(2,20)21/h3-5,7,10-11H,6H2,1-2H3. The lowest BCUT2D eigenvalue weighted by molar-refractivity contribution is -0.137. The van der Waals surface area contributed by atoms with Gasteiger partial charge in [0.2, 0.25) is 0 Å². The Kier molecular flexibility index (Phi) is 4.19. The van der Waals surface area contributed by atoms with Crippen LogP contribution in [0.5, 0.6) is 0 Å². The van der Waals surface area contributed by atoms with Gasteiger partial charge >= 0.3 is 6.18 Å². The Morgan fingerprint density at radius 2 is 1.92 bits per heavy atom. The minimum atomic E-state index is -4.58. The highest BCUT2D eigenvalue weighted by molar-refractivity contribution is 7.98. The van der Waals surface area contributed by atoms with Gasteiger partial charge in [0.15, 0.2) is 9.84 Å². The zero-order chi connectivity index (χ0) is 17.7. The molecular weight excluding hydrogens is 363 g/mol. The van der Waals surface area contributed by atoms with Crippen molar-refractivity contribution in [2.45, 2.75) is 34.4 Å². The van der Waals surface area contributed by atoms with Gasteiger partial charge in [0.1, 0.15) is 11.3 Å². The lowest BCUT2D eigenvalue weighted by atomic mass is 10.0. The van der Waals surface area contributed by atoms with Crippen LogP contribution in [0, 0.1) is 0 Å². The number of hydrogen-bond donors (Lipinski definition) is 0. The number of sulfone groups is 1. The molecule has 0 radical (unpaired) electrons. The molecule has 4 nitrogen and oxygen atoms in total. The van der Waals surface area contributed by atoms with Crippen molar-refractivity contribution >= 4 is 21.6 Å². The van der Waals surface area contributed by atoms with Crippen LogP contribution in [-0.4, -0.2) is 26.1 Å². The highest BCUT2D eigenvalue weighted by Crippen LogP contribution is 2.57. The topological polar surface area (TPSA) is 60.2 Å². The average Bonchev–Trinajstić information content (AvgIpc) is 3.13. The van der Waals surface area contributed by atoms with E-state index in [2.05, 4.69) is 5.16 Å². The summed E-state index contributed by atoms with van der Waals surface area (Å²) in [6.45, 7) is 0. The number of benzene rings is 1. The number of thioether (sulfide) groups is 1. The summed E-state index contributed by atoms with van der Waals surface area (Å²) in [6.07, 6.45) is 0.361. The highest BCUT2D eigenvalue weighted by atomic mass is 32.2. The fraction of sp³-hybridized carbons (Fsp3) is 0.400. The lowest BCUT2D eigenvalue weighted by Crippen LogP contribution is -2.09. The summed E-state index contributed by atoms with van der Waals surface area (Å²) in [4.78, 5) is -0.257. The van der Waals surface area contributed by atoms with E-state index in [0.717, 1.165) is 29.0 Å². The third-order valence-electron chi connectivity index (χ3n) is 4.09. The molecule has 0 amide bonds. The molecule has 1 heterocycles. The first-order valence-corrected chi connectivity index (χ1v) is 10.1. The second kappa shape index (κ2) is 5.80. The van der Waals surface area contributed by atoms with Crippen molar-refractivity contribution in [1.82, 2.24) is 5.16 Å². The fourth-order valence-corrected chi connectivity index (χ4v) is 4.40. The summed E-state index contributed by atoms with van der Waals surface area (Å²) in [5.74, 6) is -0.141. The minimum Gasteiger partial charge on any atom is -0.363 e. The van der Waals surface area contributed by atoms with Crippen LogP contribution < -0.4 is 0 Å². The molecule has 9 heteroatoms. The first-order valence-electron chi connectivity index (χ1n) is 7.02. The largest absolute Gasteiger partial charge is 0.416 e. The Hall–Kier alpha value is -1.48. The molecule has 3 rings (SSSR count). The summed E-state index contributed by atoms with van der Waals surface area (Å²) in [5.41, 5.74) is 0.328. The molecular formula is C15H14F3NO3S2. The lowest BCUT2D eigenvalue weighted by Gasteiger charge is -2.12. The number of nitrogens with zero attached hydrogens (tertiary/aromatic N) is 1. The predicted octanol–water partition coefficient (Wildman–Crippen LogP) is 4.09. The van der Waals surface area contributed by atoms with Crippen molar-refractivity contribution in [3.63, 3.8) is 0 Å². The average molecular weight is 377 g/mol. The summed E-state index contributed by atoms with van der Waals surface area (Å²) in [7, 11) is -3.77. The highest BCUT2D eigenvalue weighted by Gasteiger charge is 2.44. The number of alkyl halides is 3. The molecule has 0 aliphatic heterocycles. The SMILES string of the molecule is CSc1nocc1C1CC1c1ccc(C(F)(F)F)cc1S(C)(=O)=O. The summed E-state index contributed by atoms with van der Waals surface area (Å²) < 4.78 is 67.6. The molecule has 130 valence electrons. The molecule has 0 saturated heterocycles. The Labute approximate surface area is 141 Å². The van der Waals surface area contributed by atoms with Crippen LogP contribution in [0.2, 0.25) is 0 Å². The van der Waals surface area contributed by atoms with E-state index in [0.29, 0.717) is 12.0 Å². The number of hydrogen-bond acceptors (Lipinski definition) is 5. The molecule has 1 aromatic heterocycles. The maximum atomic E-state index is 12.9. The van der Waals surface area contributed by atoms with Gasteiger partial charge in [-0.15, -0.1) is 11.8 Å². The molecule has 1 fully saturated rings. The molecule has 2 unspecified atom stereocenters. The molecule has 2 atom stereocenters. The zero-order valence-corrected chi connectivity index (χ0v) is 14.4. The van der Waals surface area contributed by atoms with Gasteiger partial charge in [-0.05, 0) is 42.2 Å². The first-order chi connectivity index (χ1) is 11.1. The van der Waals surface area contributed by atoms with E-state index in [1.807, 2.05) is 6.26 Å². The summed E-state index contributed by atoms with van der Waals surface area (Å²) >= 11 is 1.41. The molecule has 1 aliphatic carbocycles. The van der Waals surface area contributed by atoms with E-state index < -0.39 is 21.6 Å². The molecule has 0 N–H and O–H groups in total. The van der Waals surface area contributed by atoms with E-state index >= 15 is 0 Å². The maximum Gasteiger partial charge on any atom is 0.416 e. The van der Waals surface area contributed by atoms with Crippen LogP contribution in [0.15, 0.2) is 38.9 Å². The van der Waals surface area contributed by atoms with Crippen LogP contribution in [0.1, 0.15) is 34.9 Å². The summed E-state index contributed by atoms with van der Waals surface area (Å²) in [6, 6.07) is 2.93. The Morgan fingerprint density at radius 1 is 1.25 bits per heavy atom. The van der Waals surface area contributed by atoms with Crippen molar-refractivity contribution in [1.29, 1.82) is 0 Å². The van der Waals surface area contributed by atoms with E-state index in [4.69, 9.17) is 4.52 Å². The van der Waals surface area contributed by atoms with Gasteiger partial charge in [-0.25, -0.2) is 8.42 Å². The van der Waals surface area contributed by atoms with Crippen LogP contribution in [0.4, 0.5) is 13.2 Å². The molecule has 0 spiro atoms. The smallest absolute Gasteiger partial charge is 0.363 e. The maximum absolute atomic E-state index is 12.9. The quantitative estimate of drug-likeness (QED) is 0.751. The third kappa shape index (κ3) is 3.19. The van der Waals surface area contributed by atoms with Crippen molar-refractivity contribution in [2.24, 2.45) is 0 Å². The Morgan fingerprint density at radius 3 is 2.50 bits per heavy atom. The van der Waals surface area contributed by atoms with E-state index in [1.165, 1.54) is 24.1 Å². The molecule has 24 heavy (non-hydrogen) atoms. The predicted molar refractivity (Wildman–Crippen MR) is 82.9 cm³/mol. The van der Waals surface area contributed by atoms with E-state index in [9.17, 15) is 21.6 Å². The molecule has 2 aromatic rings. The van der Waals surface area contributed by atoms with Gasteiger partial charge in [0.05, 0.1) is 10.5 Å². The number of rotatable bonds is 4. The van der Waals surface area contributed by atoms with Gasteiger partial charge in [-0.2, -0.15) is 13.2 Å². The van der Waals surface area contributed by atoms with E-state index in [1.54, 1.807) is 0 Å². The van der Waals surface area contributed by atoms with Gasteiger partial charge in [0.25, 0.3) is 0 Å². The Balaban J connectivity index is 2.01. The van der Waals surface area contributed by atoms with Gasteiger partial charge in [-0.3, -0.25) is 0 Å². The molecule has 1 aromatic carbocycles. The van der Waals surface area contributed by atoms with Crippen LogP contribution in [0.25, 0.3) is 0 Å².